The minimum Gasteiger partial charge on any atom is -0.295 e. The van der Waals surface area contributed by atoms with Crippen LogP contribution in [0.5, 0.6) is 0 Å². The minimum atomic E-state index is 0.245. The van der Waals surface area contributed by atoms with Gasteiger partial charge in [0.25, 0.3) is 0 Å². The maximum Gasteiger partial charge on any atom is 0.155 e. The molecule has 1 nitrogen and oxygen atoms in total. The number of hydrogen-bond donors (Lipinski definition) is 0. The van der Waals surface area contributed by atoms with Gasteiger partial charge in [-0.2, -0.15) is 0 Å². The number of carbonyl (C=O) groups is 1. The molecule has 0 atom stereocenters. The zero-order valence-corrected chi connectivity index (χ0v) is 7.91. The predicted octanol–water partition coefficient (Wildman–Crippen LogP) is 3.19. The molecule has 0 unspecified atom stereocenters. The number of ketones is 1. The zero-order chi connectivity index (χ0) is 9.36. The topological polar surface area (TPSA) is 17.1 Å². The highest BCUT2D eigenvalue weighted by molar-refractivity contribution is 5.89. The third kappa shape index (κ3) is 5.18. The summed E-state index contributed by atoms with van der Waals surface area (Å²) in [6, 6.07) is 0. The molecule has 1 aliphatic carbocycles. The van der Waals surface area contributed by atoms with E-state index in [4.69, 9.17) is 0 Å². The summed E-state index contributed by atoms with van der Waals surface area (Å²) in [7, 11) is 0. The Labute approximate surface area is 79.8 Å². The van der Waals surface area contributed by atoms with Gasteiger partial charge in [0.05, 0.1) is 0 Å². The van der Waals surface area contributed by atoms with E-state index in [1.54, 1.807) is 6.08 Å². The van der Waals surface area contributed by atoms with E-state index in [0.717, 1.165) is 19.3 Å². The van der Waals surface area contributed by atoms with E-state index in [-0.39, 0.29) is 5.78 Å². The number of carbonyl (C=O) groups excluding carboxylic acids is 1. The fourth-order valence-electron chi connectivity index (χ4n) is 1.29. The van der Waals surface area contributed by atoms with Crippen LogP contribution in [0.15, 0.2) is 36.5 Å². The van der Waals surface area contributed by atoms with Gasteiger partial charge in [0.2, 0.25) is 0 Å². The molecule has 0 amide bonds. The molecule has 0 spiro atoms. The number of hydrogen-bond acceptors (Lipinski definition) is 1. The second-order valence-corrected chi connectivity index (χ2v) is 3.24. The van der Waals surface area contributed by atoms with Crippen LogP contribution in [0.2, 0.25) is 0 Å². The van der Waals surface area contributed by atoms with Gasteiger partial charge in [-0.25, -0.2) is 0 Å². The molecule has 70 valence electrons. The molecular weight excluding hydrogens is 160 g/mol. The Bertz CT molecular complexity index is 234. The van der Waals surface area contributed by atoms with Crippen LogP contribution in [0, 0.1) is 0 Å². The first kappa shape index (κ1) is 9.97. The molecule has 1 heteroatoms. The Morgan fingerprint density at radius 1 is 0.923 bits per heavy atom. The molecule has 0 aromatic heterocycles. The molecule has 0 aromatic rings. The van der Waals surface area contributed by atoms with Crippen molar-refractivity contribution >= 4 is 5.78 Å². The molecule has 0 heterocycles. The highest BCUT2D eigenvalue weighted by Gasteiger charge is 1.95. The zero-order valence-electron chi connectivity index (χ0n) is 7.91. The largest absolute Gasteiger partial charge is 0.295 e. The summed E-state index contributed by atoms with van der Waals surface area (Å²) in [6.07, 6.45) is 16.8. The summed E-state index contributed by atoms with van der Waals surface area (Å²) >= 11 is 0. The average molecular weight is 176 g/mol. The van der Waals surface area contributed by atoms with Crippen LogP contribution >= 0.6 is 0 Å². The van der Waals surface area contributed by atoms with E-state index in [2.05, 4.69) is 6.08 Å². The fourth-order valence-corrected chi connectivity index (χ4v) is 1.29. The maximum absolute atomic E-state index is 11.2. The molecule has 0 bridgehead atoms. The van der Waals surface area contributed by atoms with E-state index in [1.807, 2.05) is 24.3 Å². The van der Waals surface area contributed by atoms with Gasteiger partial charge in [0, 0.05) is 6.42 Å². The third-order valence-electron chi connectivity index (χ3n) is 2.05. The number of rotatable bonds is 0. The van der Waals surface area contributed by atoms with Crippen LogP contribution in [0.3, 0.4) is 0 Å². The molecule has 0 saturated heterocycles. The highest BCUT2D eigenvalue weighted by Crippen LogP contribution is 2.05. The van der Waals surface area contributed by atoms with E-state index >= 15 is 0 Å². The van der Waals surface area contributed by atoms with Gasteiger partial charge in [-0.1, -0.05) is 36.8 Å². The summed E-state index contributed by atoms with van der Waals surface area (Å²) in [4.78, 5) is 11.2. The lowest BCUT2D eigenvalue weighted by atomic mass is 10.1. The fraction of sp³-hybridized carbons (Fsp3) is 0.417. The molecule has 1 aliphatic rings. The summed E-state index contributed by atoms with van der Waals surface area (Å²) in [5, 5.41) is 0. The van der Waals surface area contributed by atoms with Crippen molar-refractivity contribution in [3.8, 4) is 0 Å². The van der Waals surface area contributed by atoms with Gasteiger partial charge in [-0.05, 0) is 25.3 Å². The normalized spacial score (nSPS) is 26.9. The van der Waals surface area contributed by atoms with Crippen LogP contribution in [0.25, 0.3) is 0 Å². The number of allylic oxidation sites excluding steroid dienone is 6. The molecule has 0 saturated carbocycles. The second kappa shape index (κ2) is 6.41. The smallest absolute Gasteiger partial charge is 0.155 e. The van der Waals surface area contributed by atoms with Gasteiger partial charge >= 0.3 is 0 Å². The maximum atomic E-state index is 11.2. The van der Waals surface area contributed by atoms with Crippen LogP contribution in [-0.4, -0.2) is 5.78 Å². The molecule has 0 aliphatic heterocycles. The van der Waals surface area contributed by atoms with E-state index < -0.39 is 0 Å². The van der Waals surface area contributed by atoms with E-state index in [0.29, 0.717) is 6.42 Å². The Morgan fingerprint density at radius 3 is 2.69 bits per heavy atom. The first-order valence-electron chi connectivity index (χ1n) is 4.92. The molecule has 0 N–H and O–H groups in total. The average Bonchev–Trinajstić information content (AvgIpc) is 2.11. The van der Waals surface area contributed by atoms with Crippen molar-refractivity contribution in [3.63, 3.8) is 0 Å². The molecule has 1 rings (SSSR count). The predicted molar refractivity (Wildman–Crippen MR) is 55.5 cm³/mol. The molecule has 0 fully saturated rings. The molecular formula is C12H16O. The first-order chi connectivity index (χ1) is 6.39. The van der Waals surface area contributed by atoms with Gasteiger partial charge in [-0.3, -0.25) is 4.79 Å². The van der Waals surface area contributed by atoms with Crippen molar-refractivity contribution in [2.75, 3.05) is 0 Å². The van der Waals surface area contributed by atoms with Crippen molar-refractivity contribution < 1.29 is 4.79 Å². The Balaban J connectivity index is 2.48. The van der Waals surface area contributed by atoms with Gasteiger partial charge in [-0.15, -0.1) is 0 Å². The van der Waals surface area contributed by atoms with Gasteiger partial charge in [0.15, 0.2) is 5.78 Å². The highest BCUT2D eigenvalue weighted by atomic mass is 16.1. The monoisotopic (exact) mass is 176 g/mol. The van der Waals surface area contributed by atoms with Crippen molar-refractivity contribution in [1.82, 2.24) is 0 Å². The summed E-state index contributed by atoms with van der Waals surface area (Å²) < 4.78 is 0. The summed E-state index contributed by atoms with van der Waals surface area (Å²) in [5.74, 6) is 0.245. The first-order valence-corrected chi connectivity index (χ1v) is 4.92. The Hall–Kier alpha value is -1.11. The van der Waals surface area contributed by atoms with Crippen molar-refractivity contribution in [1.29, 1.82) is 0 Å². The van der Waals surface area contributed by atoms with Crippen molar-refractivity contribution in [3.05, 3.63) is 36.5 Å². The lowest BCUT2D eigenvalue weighted by Crippen LogP contribution is -1.91. The lowest BCUT2D eigenvalue weighted by molar-refractivity contribution is -0.114. The molecule has 0 radical (unpaired) electrons. The van der Waals surface area contributed by atoms with E-state index in [1.165, 1.54) is 6.42 Å². The van der Waals surface area contributed by atoms with Crippen LogP contribution in [0.4, 0.5) is 0 Å². The summed E-state index contributed by atoms with van der Waals surface area (Å²) in [5.41, 5.74) is 0. The van der Waals surface area contributed by atoms with Crippen LogP contribution in [-0.2, 0) is 4.79 Å². The van der Waals surface area contributed by atoms with Gasteiger partial charge in [0.1, 0.15) is 0 Å². The Kier molecular flexibility index (Phi) is 4.92. The van der Waals surface area contributed by atoms with Crippen LogP contribution < -0.4 is 0 Å². The van der Waals surface area contributed by atoms with Crippen molar-refractivity contribution in [2.24, 2.45) is 0 Å². The van der Waals surface area contributed by atoms with Crippen molar-refractivity contribution in [2.45, 2.75) is 32.1 Å². The Morgan fingerprint density at radius 2 is 1.77 bits per heavy atom. The standard InChI is InChI=1S/C12H16O/c13-12-10-8-6-4-2-1-3-5-7-9-11-12/h1-2,4,6,8,10H,3,5,7,9,11H2/b2-1-,6-4-,10-8-. The van der Waals surface area contributed by atoms with Crippen LogP contribution in [0.1, 0.15) is 32.1 Å². The van der Waals surface area contributed by atoms with E-state index in [9.17, 15) is 4.79 Å². The third-order valence-corrected chi connectivity index (χ3v) is 2.05. The lowest BCUT2D eigenvalue weighted by Gasteiger charge is -1.96. The van der Waals surface area contributed by atoms with Gasteiger partial charge < -0.3 is 0 Å². The molecule has 0 aromatic carbocycles. The minimum absolute atomic E-state index is 0.245. The SMILES string of the molecule is O=C1\C=C/C=C\C=C/CCCCC1. The second-order valence-electron chi connectivity index (χ2n) is 3.24. The molecule has 13 heavy (non-hydrogen) atoms. The summed E-state index contributed by atoms with van der Waals surface area (Å²) in [6.45, 7) is 0. The quantitative estimate of drug-likeness (QED) is 0.554.